The zero-order valence-electron chi connectivity index (χ0n) is 16.6. The number of benzene rings is 2. The Morgan fingerprint density at radius 3 is 2.31 bits per heavy atom. The summed E-state index contributed by atoms with van der Waals surface area (Å²) in [6.45, 7) is 3.59. The molecule has 0 fully saturated rings. The second kappa shape index (κ2) is 9.70. The maximum Gasteiger partial charge on any atom is 0.329 e. The number of aromatic hydroxyl groups is 1. The van der Waals surface area contributed by atoms with E-state index in [1.165, 1.54) is 7.11 Å². The lowest BCUT2D eigenvalue weighted by Crippen LogP contribution is -2.46. The fourth-order valence-corrected chi connectivity index (χ4v) is 2.99. The number of hydrogen-bond acceptors (Lipinski definition) is 6. The maximum absolute atomic E-state index is 12.6. The molecule has 8 nitrogen and oxygen atoms in total. The molecular weight excluding hydrogens is 374 g/mol. The summed E-state index contributed by atoms with van der Waals surface area (Å²) in [5, 5.41) is 14.8. The molecule has 0 saturated carbocycles. The van der Waals surface area contributed by atoms with Gasteiger partial charge in [-0.15, -0.1) is 0 Å². The molecule has 0 heterocycles. The Kier molecular flexibility index (Phi) is 7.33. The lowest BCUT2D eigenvalue weighted by molar-refractivity contribution is -0.142. The minimum Gasteiger partial charge on any atom is -0.508 e. The first-order valence-corrected chi connectivity index (χ1v) is 9.03. The number of phenols is 1. The maximum atomic E-state index is 12.6. The molecule has 1 atom stereocenters. The number of esters is 1. The lowest BCUT2D eigenvalue weighted by atomic mass is 9.98. The molecule has 5 N–H and O–H groups in total. The highest BCUT2D eigenvalue weighted by atomic mass is 16.5. The van der Waals surface area contributed by atoms with Crippen molar-refractivity contribution in [2.75, 3.05) is 13.7 Å². The van der Waals surface area contributed by atoms with Crippen LogP contribution in [-0.4, -0.2) is 42.6 Å². The number of carbonyl (C=O) groups is 3. The average molecular weight is 399 g/mol. The van der Waals surface area contributed by atoms with E-state index in [1.54, 1.807) is 50.2 Å². The van der Waals surface area contributed by atoms with E-state index < -0.39 is 17.9 Å². The van der Waals surface area contributed by atoms with Crippen molar-refractivity contribution in [3.05, 3.63) is 64.2 Å². The van der Waals surface area contributed by atoms with Gasteiger partial charge in [-0.05, 0) is 54.8 Å². The summed E-state index contributed by atoms with van der Waals surface area (Å²) in [5.41, 5.74) is 8.24. The molecule has 0 radical (unpaired) electrons. The molecule has 154 valence electrons. The van der Waals surface area contributed by atoms with Gasteiger partial charge in [-0.25, -0.2) is 4.79 Å². The van der Waals surface area contributed by atoms with Crippen LogP contribution >= 0.6 is 0 Å². The highest BCUT2D eigenvalue weighted by Crippen LogP contribution is 2.18. The predicted octanol–water partition coefficient (Wildman–Crippen LogP) is 1.17. The number of carbonyl (C=O) groups excluding carboxylic acids is 3. The summed E-state index contributed by atoms with van der Waals surface area (Å²) in [4.78, 5) is 36.7. The summed E-state index contributed by atoms with van der Waals surface area (Å²) >= 11 is 0. The van der Waals surface area contributed by atoms with E-state index in [1.807, 2.05) is 0 Å². The van der Waals surface area contributed by atoms with Crippen LogP contribution in [0.15, 0.2) is 36.4 Å². The van der Waals surface area contributed by atoms with Crippen LogP contribution in [0, 0.1) is 13.8 Å². The molecule has 0 unspecified atom stereocenters. The fourth-order valence-electron chi connectivity index (χ4n) is 2.99. The number of phenolic OH excluding ortho intramolecular Hbond substituents is 1. The molecule has 0 spiro atoms. The number of rotatable bonds is 7. The van der Waals surface area contributed by atoms with Gasteiger partial charge < -0.3 is 26.2 Å². The van der Waals surface area contributed by atoms with Gasteiger partial charge in [-0.2, -0.15) is 0 Å². The Balaban J connectivity index is 2.14. The van der Waals surface area contributed by atoms with Gasteiger partial charge in [0.1, 0.15) is 11.8 Å². The molecule has 2 aromatic carbocycles. The van der Waals surface area contributed by atoms with Crippen LogP contribution in [0.4, 0.5) is 0 Å². The van der Waals surface area contributed by atoms with Crippen molar-refractivity contribution >= 4 is 17.8 Å². The Morgan fingerprint density at radius 1 is 1.10 bits per heavy atom. The second-order valence-corrected chi connectivity index (χ2v) is 6.62. The topological polar surface area (TPSA) is 131 Å². The first-order valence-electron chi connectivity index (χ1n) is 9.03. The number of aryl methyl sites for hydroxylation is 2. The summed E-state index contributed by atoms with van der Waals surface area (Å²) in [7, 11) is 1.22. The van der Waals surface area contributed by atoms with Crippen molar-refractivity contribution < 1.29 is 24.2 Å². The normalized spacial score (nSPS) is 11.4. The van der Waals surface area contributed by atoms with E-state index in [0.717, 1.165) is 5.56 Å². The van der Waals surface area contributed by atoms with Crippen LogP contribution in [0.3, 0.4) is 0 Å². The largest absolute Gasteiger partial charge is 0.508 e. The van der Waals surface area contributed by atoms with Crippen LogP contribution < -0.4 is 16.4 Å². The molecule has 0 aliphatic carbocycles. The van der Waals surface area contributed by atoms with E-state index in [9.17, 15) is 19.5 Å². The highest BCUT2D eigenvalue weighted by molar-refractivity contribution is 6.01. The first kappa shape index (κ1) is 21.9. The molecular formula is C21H25N3O5. The third-order valence-corrected chi connectivity index (χ3v) is 4.41. The molecule has 0 bridgehead atoms. The van der Waals surface area contributed by atoms with Gasteiger partial charge in [0.25, 0.3) is 11.8 Å². The first-order chi connectivity index (χ1) is 13.8. The molecule has 2 aromatic rings. The third-order valence-electron chi connectivity index (χ3n) is 4.41. The van der Waals surface area contributed by atoms with Gasteiger partial charge >= 0.3 is 5.97 Å². The van der Waals surface area contributed by atoms with Crippen molar-refractivity contribution in [2.24, 2.45) is 5.73 Å². The third kappa shape index (κ3) is 5.55. The van der Waals surface area contributed by atoms with Crippen LogP contribution in [0.2, 0.25) is 0 Å². The van der Waals surface area contributed by atoms with Crippen molar-refractivity contribution in [3.8, 4) is 5.75 Å². The molecule has 0 aliphatic heterocycles. The minimum absolute atomic E-state index is 0.0912. The van der Waals surface area contributed by atoms with Crippen molar-refractivity contribution in [1.82, 2.24) is 10.6 Å². The standard InChI is InChI=1S/C21H25N3O5/c1-12-7-15(19(26)23-11-14-5-4-6-16(25)9-14)8-13(2)18(12)20(27)24-17(10-22)21(28)29-3/h4-9,17,25H,10-11,22H2,1-3H3,(H,23,26)(H,24,27)/t17-/m0/s1. The van der Waals surface area contributed by atoms with Gasteiger partial charge in [0.15, 0.2) is 0 Å². The van der Waals surface area contributed by atoms with Crippen molar-refractivity contribution in [1.29, 1.82) is 0 Å². The summed E-state index contributed by atoms with van der Waals surface area (Å²) in [6, 6.07) is 8.87. The highest BCUT2D eigenvalue weighted by Gasteiger charge is 2.23. The SMILES string of the molecule is COC(=O)[C@H](CN)NC(=O)c1c(C)cc(C(=O)NCc2cccc(O)c2)cc1C. The van der Waals surface area contributed by atoms with Crippen molar-refractivity contribution in [2.45, 2.75) is 26.4 Å². The average Bonchev–Trinajstić information content (AvgIpc) is 2.69. The Morgan fingerprint density at radius 2 is 1.76 bits per heavy atom. The smallest absolute Gasteiger partial charge is 0.329 e. The van der Waals surface area contributed by atoms with Gasteiger partial charge in [-0.3, -0.25) is 9.59 Å². The van der Waals surface area contributed by atoms with Crippen LogP contribution in [-0.2, 0) is 16.1 Å². The summed E-state index contributed by atoms with van der Waals surface area (Å²) < 4.78 is 4.62. The van der Waals surface area contributed by atoms with Crippen LogP contribution in [0.1, 0.15) is 37.4 Å². The van der Waals surface area contributed by atoms with E-state index in [2.05, 4.69) is 15.4 Å². The molecule has 0 aliphatic rings. The zero-order chi connectivity index (χ0) is 21.6. The van der Waals surface area contributed by atoms with Crippen LogP contribution in [0.5, 0.6) is 5.75 Å². The molecule has 29 heavy (non-hydrogen) atoms. The summed E-state index contributed by atoms with van der Waals surface area (Å²) in [6.07, 6.45) is 0. The van der Waals surface area contributed by atoms with Gasteiger partial charge in [0, 0.05) is 24.2 Å². The quantitative estimate of drug-likeness (QED) is 0.517. The molecule has 8 heteroatoms. The number of methoxy groups -OCH3 is 1. The molecule has 0 aromatic heterocycles. The minimum atomic E-state index is -0.948. The Bertz CT molecular complexity index is 903. The monoisotopic (exact) mass is 399 g/mol. The Labute approximate surface area is 169 Å². The number of amides is 2. The molecule has 2 rings (SSSR count). The van der Waals surface area contributed by atoms with E-state index in [-0.39, 0.29) is 24.7 Å². The molecule has 2 amide bonds. The number of nitrogens with one attached hydrogen (secondary N) is 2. The zero-order valence-corrected chi connectivity index (χ0v) is 16.6. The predicted molar refractivity (Wildman–Crippen MR) is 108 cm³/mol. The lowest BCUT2D eigenvalue weighted by Gasteiger charge is -2.17. The number of hydrogen-bond donors (Lipinski definition) is 4. The number of ether oxygens (including phenoxy) is 1. The Hall–Kier alpha value is -3.39. The fraction of sp³-hybridized carbons (Fsp3) is 0.286. The van der Waals surface area contributed by atoms with Crippen molar-refractivity contribution in [3.63, 3.8) is 0 Å². The molecule has 0 saturated heterocycles. The van der Waals surface area contributed by atoms with Gasteiger partial charge in [-0.1, -0.05) is 12.1 Å². The second-order valence-electron chi connectivity index (χ2n) is 6.62. The number of nitrogens with two attached hydrogens (primary N) is 1. The summed E-state index contributed by atoms with van der Waals surface area (Å²) in [5.74, 6) is -1.27. The van der Waals surface area contributed by atoms with E-state index >= 15 is 0 Å². The van der Waals surface area contributed by atoms with Gasteiger partial charge in [0.2, 0.25) is 0 Å². The van der Waals surface area contributed by atoms with Gasteiger partial charge in [0.05, 0.1) is 7.11 Å². The van der Waals surface area contributed by atoms with E-state index in [4.69, 9.17) is 5.73 Å². The van der Waals surface area contributed by atoms with E-state index in [0.29, 0.717) is 22.3 Å². The van der Waals surface area contributed by atoms with Crippen LogP contribution in [0.25, 0.3) is 0 Å².